The van der Waals surface area contributed by atoms with E-state index in [0.717, 1.165) is 12.0 Å². The summed E-state index contributed by atoms with van der Waals surface area (Å²) in [6, 6.07) is 5.25. The molecule has 2 unspecified atom stereocenters. The third-order valence-corrected chi connectivity index (χ3v) is 4.28. The zero-order valence-corrected chi connectivity index (χ0v) is 15.0. The van der Waals surface area contributed by atoms with E-state index in [1.807, 2.05) is 26.0 Å². The standard InChI is InChI=1S/C19H21N3O4/c1-12-8-22(9-13(2)26-12)18-5-4-16(21-17(18)11-24)15-7-20-14(10-23)6-19(15)25-3/h4-7,10-13H,8-9H2,1-3H3. The molecular weight excluding hydrogens is 334 g/mol. The van der Waals surface area contributed by atoms with Gasteiger partial charge in [0.1, 0.15) is 17.1 Å². The summed E-state index contributed by atoms with van der Waals surface area (Å²) < 4.78 is 11.1. The number of ether oxygens (including phenoxy) is 2. The van der Waals surface area contributed by atoms with Crippen LogP contribution in [-0.2, 0) is 4.74 Å². The predicted molar refractivity (Wildman–Crippen MR) is 97.0 cm³/mol. The number of carbonyl (C=O) groups excluding carboxylic acids is 2. The Morgan fingerprint density at radius 3 is 2.54 bits per heavy atom. The average Bonchev–Trinajstić information content (AvgIpc) is 2.66. The van der Waals surface area contributed by atoms with Crippen LogP contribution in [0, 0.1) is 0 Å². The highest BCUT2D eigenvalue weighted by atomic mass is 16.5. The van der Waals surface area contributed by atoms with Crippen LogP contribution >= 0.6 is 0 Å². The minimum atomic E-state index is 0.0816. The summed E-state index contributed by atoms with van der Waals surface area (Å²) in [5.74, 6) is 0.479. The monoisotopic (exact) mass is 355 g/mol. The third-order valence-electron chi connectivity index (χ3n) is 4.28. The Morgan fingerprint density at radius 1 is 1.19 bits per heavy atom. The molecule has 1 fully saturated rings. The van der Waals surface area contributed by atoms with Gasteiger partial charge in [-0.05, 0) is 26.0 Å². The van der Waals surface area contributed by atoms with E-state index in [4.69, 9.17) is 9.47 Å². The van der Waals surface area contributed by atoms with Crippen molar-refractivity contribution in [3.63, 3.8) is 0 Å². The van der Waals surface area contributed by atoms with Crippen LogP contribution in [0.4, 0.5) is 5.69 Å². The number of carbonyl (C=O) groups is 2. The van der Waals surface area contributed by atoms with E-state index in [9.17, 15) is 9.59 Å². The summed E-state index contributed by atoms with van der Waals surface area (Å²) >= 11 is 0. The second-order valence-corrected chi connectivity index (χ2v) is 6.31. The molecule has 2 atom stereocenters. The zero-order chi connectivity index (χ0) is 18.7. The first-order valence-electron chi connectivity index (χ1n) is 8.42. The second-order valence-electron chi connectivity index (χ2n) is 6.31. The van der Waals surface area contributed by atoms with Gasteiger partial charge in [0.05, 0.1) is 36.3 Å². The van der Waals surface area contributed by atoms with E-state index >= 15 is 0 Å². The van der Waals surface area contributed by atoms with Crippen molar-refractivity contribution in [1.29, 1.82) is 0 Å². The van der Waals surface area contributed by atoms with Crippen molar-refractivity contribution in [1.82, 2.24) is 9.97 Å². The lowest BCUT2D eigenvalue weighted by atomic mass is 10.1. The minimum absolute atomic E-state index is 0.0816. The van der Waals surface area contributed by atoms with Crippen LogP contribution in [0.3, 0.4) is 0 Å². The first-order chi connectivity index (χ1) is 12.5. The Bertz CT molecular complexity index is 814. The smallest absolute Gasteiger partial charge is 0.170 e. The van der Waals surface area contributed by atoms with Gasteiger partial charge in [0, 0.05) is 25.4 Å². The number of aldehydes is 2. The lowest BCUT2D eigenvalue weighted by Gasteiger charge is -2.37. The molecule has 1 aliphatic rings. The molecule has 2 aromatic heterocycles. The van der Waals surface area contributed by atoms with Crippen molar-refractivity contribution >= 4 is 18.3 Å². The van der Waals surface area contributed by atoms with Crippen LogP contribution in [-0.4, -0.2) is 54.9 Å². The first kappa shape index (κ1) is 18.0. The number of methoxy groups -OCH3 is 1. The molecule has 0 saturated carbocycles. The number of hydrogen-bond acceptors (Lipinski definition) is 7. The molecule has 26 heavy (non-hydrogen) atoms. The maximum absolute atomic E-state index is 11.7. The van der Waals surface area contributed by atoms with Crippen molar-refractivity contribution in [2.24, 2.45) is 0 Å². The Labute approximate surface area is 152 Å². The van der Waals surface area contributed by atoms with Gasteiger partial charge >= 0.3 is 0 Å². The molecule has 2 aromatic rings. The Balaban J connectivity index is 1.99. The summed E-state index contributed by atoms with van der Waals surface area (Å²) in [4.78, 5) is 33.2. The van der Waals surface area contributed by atoms with E-state index in [2.05, 4.69) is 14.9 Å². The molecule has 3 heterocycles. The lowest BCUT2D eigenvalue weighted by Crippen LogP contribution is -2.45. The molecule has 3 rings (SSSR count). The molecule has 1 aliphatic heterocycles. The van der Waals surface area contributed by atoms with Gasteiger partial charge < -0.3 is 14.4 Å². The normalized spacial score (nSPS) is 19.9. The Morgan fingerprint density at radius 2 is 1.92 bits per heavy atom. The summed E-state index contributed by atoms with van der Waals surface area (Å²) in [6.45, 7) is 5.42. The Hall–Kier alpha value is -2.80. The van der Waals surface area contributed by atoms with E-state index in [1.165, 1.54) is 13.3 Å². The van der Waals surface area contributed by atoms with Crippen molar-refractivity contribution in [2.45, 2.75) is 26.1 Å². The van der Waals surface area contributed by atoms with Gasteiger partial charge in [-0.2, -0.15) is 0 Å². The van der Waals surface area contributed by atoms with Gasteiger partial charge in [-0.25, -0.2) is 4.98 Å². The molecule has 0 bridgehead atoms. The van der Waals surface area contributed by atoms with Gasteiger partial charge in [-0.1, -0.05) is 0 Å². The van der Waals surface area contributed by atoms with Crippen LogP contribution < -0.4 is 9.64 Å². The van der Waals surface area contributed by atoms with E-state index in [1.54, 1.807) is 6.07 Å². The number of morpholine rings is 1. The molecule has 0 radical (unpaired) electrons. The summed E-state index contributed by atoms with van der Waals surface area (Å²) in [5.41, 5.74) is 2.59. The number of hydrogen-bond donors (Lipinski definition) is 0. The van der Waals surface area contributed by atoms with Gasteiger partial charge in [0.15, 0.2) is 12.6 Å². The van der Waals surface area contributed by atoms with E-state index in [0.29, 0.717) is 42.1 Å². The van der Waals surface area contributed by atoms with Crippen LogP contribution in [0.25, 0.3) is 11.3 Å². The fraction of sp³-hybridized carbons (Fsp3) is 0.368. The van der Waals surface area contributed by atoms with Gasteiger partial charge in [-0.3, -0.25) is 14.6 Å². The minimum Gasteiger partial charge on any atom is -0.496 e. The molecule has 0 aromatic carbocycles. The highest BCUT2D eigenvalue weighted by Crippen LogP contribution is 2.31. The highest BCUT2D eigenvalue weighted by molar-refractivity contribution is 5.84. The summed E-state index contributed by atoms with van der Waals surface area (Å²) in [7, 11) is 1.51. The van der Waals surface area contributed by atoms with Crippen LogP contribution in [0.1, 0.15) is 34.8 Å². The van der Waals surface area contributed by atoms with Crippen LogP contribution in [0.5, 0.6) is 5.75 Å². The molecule has 0 aliphatic carbocycles. The Kier molecular flexibility index (Phi) is 5.27. The first-order valence-corrected chi connectivity index (χ1v) is 8.42. The quantitative estimate of drug-likeness (QED) is 0.762. The second kappa shape index (κ2) is 7.61. The van der Waals surface area contributed by atoms with Gasteiger partial charge in [-0.15, -0.1) is 0 Å². The molecule has 7 heteroatoms. The predicted octanol–water partition coefficient (Wildman–Crippen LogP) is 2.39. The molecule has 136 valence electrons. The van der Waals surface area contributed by atoms with Gasteiger partial charge in [0.2, 0.25) is 0 Å². The van der Waals surface area contributed by atoms with Crippen molar-refractivity contribution < 1.29 is 19.1 Å². The topological polar surface area (TPSA) is 81.6 Å². The molecule has 0 amide bonds. The molecule has 7 nitrogen and oxygen atoms in total. The average molecular weight is 355 g/mol. The number of aromatic nitrogens is 2. The third kappa shape index (κ3) is 3.57. The van der Waals surface area contributed by atoms with E-state index in [-0.39, 0.29) is 17.9 Å². The van der Waals surface area contributed by atoms with Crippen molar-refractivity contribution in [3.05, 3.63) is 35.8 Å². The fourth-order valence-corrected chi connectivity index (χ4v) is 3.22. The number of anilines is 1. The van der Waals surface area contributed by atoms with E-state index < -0.39 is 0 Å². The van der Waals surface area contributed by atoms with Gasteiger partial charge in [0.25, 0.3) is 0 Å². The molecular formula is C19H21N3O4. The lowest BCUT2D eigenvalue weighted by molar-refractivity contribution is -0.00527. The van der Waals surface area contributed by atoms with Crippen LogP contribution in [0.15, 0.2) is 24.4 Å². The zero-order valence-electron chi connectivity index (χ0n) is 15.0. The summed E-state index contributed by atoms with van der Waals surface area (Å²) in [5, 5.41) is 0. The number of pyridine rings is 2. The maximum Gasteiger partial charge on any atom is 0.170 e. The molecule has 0 spiro atoms. The SMILES string of the molecule is COc1cc(C=O)ncc1-c1ccc(N2CC(C)OC(C)C2)c(C=O)n1. The molecule has 1 saturated heterocycles. The summed E-state index contributed by atoms with van der Waals surface area (Å²) in [6.07, 6.45) is 3.10. The maximum atomic E-state index is 11.7. The highest BCUT2D eigenvalue weighted by Gasteiger charge is 2.25. The van der Waals surface area contributed by atoms with Crippen molar-refractivity contribution in [3.8, 4) is 17.0 Å². The largest absolute Gasteiger partial charge is 0.496 e. The number of rotatable bonds is 5. The number of nitrogens with zero attached hydrogens (tertiary/aromatic N) is 3. The molecule has 0 N–H and O–H groups in total. The van der Waals surface area contributed by atoms with Crippen molar-refractivity contribution in [2.75, 3.05) is 25.1 Å². The fourth-order valence-electron chi connectivity index (χ4n) is 3.22. The van der Waals surface area contributed by atoms with Crippen LogP contribution in [0.2, 0.25) is 0 Å².